The molecule has 7 heteroatoms. The van der Waals surface area contributed by atoms with Crippen molar-refractivity contribution in [2.45, 2.75) is 45.1 Å². The summed E-state index contributed by atoms with van der Waals surface area (Å²) >= 11 is 0. The number of aliphatic imine (C=N–C) groups is 1. The highest BCUT2D eigenvalue weighted by Crippen LogP contribution is 2.50. The summed E-state index contributed by atoms with van der Waals surface area (Å²) in [7, 11) is 1.69. The standard InChI is InChI=1S/C19H34N4O3/c1-3-26-18(24)23-10-6-19(14-23)12-16(13-19)22-8-4-15(5-9-22)17(20)21-7-11-25-2/h15-16H,3-14H2,1-2H3,(H2,20,21). The number of nitrogens with zero attached hydrogens (tertiary/aromatic N) is 3. The maximum atomic E-state index is 11.9. The van der Waals surface area contributed by atoms with Gasteiger partial charge in [0, 0.05) is 32.2 Å². The largest absolute Gasteiger partial charge is 0.450 e. The Labute approximate surface area is 156 Å². The molecule has 0 bridgehead atoms. The number of likely N-dealkylation sites (tertiary alicyclic amines) is 2. The van der Waals surface area contributed by atoms with Crippen molar-refractivity contribution in [3.63, 3.8) is 0 Å². The minimum atomic E-state index is -0.142. The number of rotatable bonds is 6. The number of hydrogen-bond donors (Lipinski definition) is 1. The van der Waals surface area contributed by atoms with Gasteiger partial charge in [0.2, 0.25) is 0 Å². The molecule has 0 unspecified atom stereocenters. The van der Waals surface area contributed by atoms with E-state index in [1.54, 1.807) is 7.11 Å². The van der Waals surface area contributed by atoms with E-state index >= 15 is 0 Å². The highest BCUT2D eigenvalue weighted by Gasteiger charge is 2.51. The van der Waals surface area contributed by atoms with Crippen molar-refractivity contribution in [3.05, 3.63) is 0 Å². The molecule has 0 atom stereocenters. The van der Waals surface area contributed by atoms with E-state index in [-0.39, 0.29) is 6.09 Å². The van der Waals surface area contributed by atoms with Crippen LogP contribution in [0.15, 0.2) is 4.99 Å². The minimum absolute atomic E-state index is 0.142. The summed E-state index contributed by atoms with van der Waals surface area (Å²) in [5.41, 5.74) is 6.49. The summed E-state index contributed by atoms with van der Waals surface area (Å²) < 4.78 is 10.2. The van der Waals surface area contributed by atoms with Crippen LogP contribution in [0.1, 0.15) is 39.0 Å². The molecule has 0 aromatic heterocycles. The van der Waals surface area contributed by atoms with E-state index in [1.807, 2.05) is 11.8 Å². The summed E-state index contributed by atoms with van der Waals surface area (Å²) in [6.45, 7) is 7.54. The van der Waals surface area contributed by atoms with Crippen LogP contribution in [0.25, 0.3) is 0 Å². The van der Waals surface area contributed by atoms with Crippen molar-refractivity contribution in [2.24, 2.45) is 22.1 Å². The van der Waals surface area contributed by atoms with E-state index in [0.717, 1.165) is 51.3 Å². The molecule has 26 heavy (non-hydrogen) atoms. The topological polar surface area (TPSA) is 80.4 Å². The number of carbonyl (C=O) groups excluding carboxylic acids is 1. The zero-order valence-electron chi connectivity index (χ0n) is 16.3. The highest BCUT2D eigenvalue weighted by molar-refractivity contribution is 5.82. The summed E-state index contributed by atoms with van der Waals surface area (Å²) in [6, 6.07) is 0.671. The molecule has 2 aliphatic heterocycles. The van der Waals surface area contributed by atoms with Gasteiger partial charge >= 0.3 is 6.09 Å². The average Bonchev–Trinajstić information content (AvgIpc) is 3.07. The maximum Gasteiger partial charge on any atom is 0.409 e. The van der Waals surface area contributed by atoms with Crippen LogP contribution in [0.5, 0.6) is 0 Å². The van der Waals surface area contributed by atoms with Gasteiger partial charge in [0.15, 0.2) is 0 Å². The normalized spacial score (nSPS) is 30.6. The number of hydrogen-bond acceptors (Lipinski definition) is 5. The number of amidine groups is 1. The molecule has 3 fully saturated rings. The van der Waals surface area contributed by atoms with Crippen molar-refractivity contribution in [3.8, 4) is 0 Å². The van der Waals surface area contributed by atoms with Crippen molar-refractivity contribution in [1.29, 1.82) is 0 Å². The summed E-state index contributed by atoms with van der Waals surface area (Å²) in [4.78, 5) is 20.9. The van der Waals surface area contributed by atoms with Crippen molar-refractivity contribution < 1.29 is 14.3 Å². The molecule has 0 aromatic carbocycles. The smallest absolute Gasteiger partial charge is 0.409 e. The molecule has 2 saturated heterocycles. The summed E-state index contributed by atoms with van der Waals surface area (Å²) in [6.07, 6.45) is 5.60. The van der Waals surface area contributed by atoms with Gasteiger partial charge < -0.3 is 25.0 Å². The Hall–Kier alpha value is -1.34. The Kier molecular flexibility index (Phi) is 6.40. The number of methoxy groups -OCH3 is 1. The van der Waals surface area contributed by atoms with Gasteiger partial charge in [0.05, 0.1) is 25.6 Å². The molecule has 3 rings (SSSR count). The number of ether oxygens (including phenoxy) is 2. The predicted octanol–water partition coefficient (Wildman–Crippen LogP) is 1.71. The first-order chi connectivity index (χ1) is 12.6. The third-order valence-electron chi connectivity index (χ3n) is 6.36. The molecule has 1 amide bonds. The fourth-order valence-electron chi connectivity index (χ4n) is 4.79. The molecule has 148 valence electrons. The van der Waals surface area contributed by atoms with Crippen molar-refractivity contribution in [2.75, 3.05) is 53.0 Å². The molecule has 3 aliphatic rings. The van der Waals surface area contributed by atoms with Crippen LogP contribution in [0.4, 0.5) is 4.79 Å². The van der Waals surface area contributed by atoms with Gasteiger partial charge in [-0.1, -0.05) is 0 Å². The van der Waals surface area contributed by atoms with Crippen LogP contribution in [0.3, 0.4) is 0 Å². The van der Waals surface area contributed by atoms with E-state index < -0.39 is 0 Å². The lowest BCUT2D eigenvalue weighted by Crippen LogP contribution is -2.54. The maximum absolute atomic E-state index is 11.9. The molecule has 7 nitrogen and oxygen atoms in total. The van der Waals surface area contributed by atoms with E-state index in [4.69, 9.17) is 15.2 Å². The Bertz CT molecular complexity index is 511. The number of amides is 1. The van der Waals surface area contributed by atoms with Gasteiger partial charge in [-0.15, -0.1) is 0 Å². The Balaban J connectivity index is 1.40. The zero-order chi connectivity index (χ0) is 18.6. The molecule has 0 aromatic rings. The van der Waals surface area contributed by atoms with Crippen LogP contribution in [-0.2, 0) is 9.47 Å². The Morgan fingerprint density at radius 2 is 2.00 bits per heavy atom. The quantitative estimate of drug-likeness (QED) is 0.440. The van der Waals surface area contributed by atoms with Crippen LogP contribution in [0.2, 0.25) is 0 Å². The van der Waals surface area contributed by atoms with Gasteiger partial charge in [0.25, 0.3) is 0 Å². The average molecular weight is 367 g/mol. The van der Waals surface area contributed by atoms with Crippen LogP contribution in [0, 0.1) is 11.3 Å². The molecule has 2 heterocycles. The zero-order valence-corrected chi connectivity index (χ0v) is 16.3. The number of piperidine rings is 1. The van der Waals surface area contributed by atoms with Gasteiger partial charge in [-0.25, -0.2) is 4.79 Å². The summed E-state index contributed by atoms with van der Waals surface area (Å²) in [5.74, 6) is 1.22. The Morgan fingerprint density at radius 1 is 1.27 bits per heavy atom. The number of carbonyl (C=O) groups is 1. The predicted molar refractivity (Wildman–Crippen MR) is 101 cm³/mol. The third kappa shape index (κ3) is 4.31. The van der Waals surface area contributed by atoms with Gasteiger partial charge in [-0.3, -0.25) is 4.99 Å². The minimum Gasteiger partial charge on any atom is -0.450 e. The first-order valence-corrected chi connectivity index (χ1v) is 10.0. The van der Waals surface area contributed by atoms with Crippen LogP contribution < -0.4 is 5.73 Å². The first kappa shape index (κ1) is 19.4. The van der Waals surface area contributed by atoms with Crippen LogP contribution >= 0.6 is 0 Å². The molecular weight excluding hydrogens is 332 g/mol. The second kappa shape index (κ2) is 8.57. The highest BCUT2D eigenvalue weighted by atomic mass is 16.6. The lowest BCUT2D eigenvalue weighted by molar-refractivity contribution is -0.00546. The van der Waals surface area contributed by atoms with Gasteiger partial charge in [-0.2, -0.15) is 0 Å². The second-order valence-corrected chi connectivity index (χ2v) is 8.04. The first-order valence-electron chi connectivity index (χ1n) is 10.0. The Morgan fingerprint density at radius 3 is 2.65 bits per heavy atom. The lowest BCUT2D eigenvalue weighted by atomic mass is 9.64. The second-order valence-electron chi connectivity index (χ2n) is 8.04. The van der Waals surface area contributed by atoms with Crippen molar-refractivity contribution in [1.82, 2.24) is 9.80 Å². The molecule has 1 saturated carbocycles. The molecule has 1 spiro atoms. The molecule has 0 radical (unpaired) electrons. The number of nitrogens with two attached hydrogens (primary N) is 1. The molecule has 2 N–H and O–H groups in total. The van der Waals surface area contributed by atoms with E-state index in [2.05, 4.69) is 9.89 Å². The van der Waals surface area contributed by atoms with E-state index in [9.17, 15) is 4.79 Å². The fraction of sp³-hybridized carbons (Fsp3) is 0.895. The van der Waals surface area contributed by atoms with Gasteiger partial charge in [-0.05, 0) is 57.5 Å². The van der Waals surface area contributed by atoms with Gasteiger partial charge in [0.1, 0.15) is 0 Å². The third-order valence-corrected chi connectivity index (χ3v) is 6.36. The summed E-state index contributed by atoms with van der Waals surface area (Å²) in [5, 5.41) is 0. The lowest BCUT2D eigenvalue weighted by Gasteiger charge is -2.51. The monoisotopic (exact) mass is 366 g/mol. The fourth-order valence-corrected chi connectivity index (χ4v) is 4.79. The van der Waals surface area contributed by atoms with Crippen molar-refractivity contribution >= 4 is 11.9 Å². The van der Waals surface area contributed by atoms with E-state index in [1.165, 1.54) is 12.8 Å². The molecule has 1 aliphatic carbocycles. The SMILES string of the molecule is CCOC(=O)N1CCC2(CC(N3CCC(C(N)=NCCOC)CC3)C2)C1. The molecular formula is C19H34N4O3. The van der Waals surface area contributed by atoms with E-state index in [0.29, 0.717) is 37.1 Å². The van der Waals surface area contributed by atoms with Crippen LogP contribution in [-0.4, -0.2) is 80.8 Å².